The molecule has 2 rings (SSSR count). The number of carbonyl (C=O) groups is 1. The third-order valence-corrected chi connectivity index (χ3v) is 4.16. The lowest BCUT2D eigenvalue weighted by molar-refractivity contribution is -0.137. The molecular formula is C15H23ClN4O. The van der Waals surface area contributed by atoms with E-state index in [0.29, 0.717) is 24.5 Å². The van der Waals surface area contributed by atoms with E-state index in [1.54, 1.807) is 6.20 Å². The van der Waals surface area contributed by atoms with E-state index in [1.165, 1.54) is 0 Å². The van der Waals surface area contributed by atoms with Crippen LogP contribution in [0.3, 0.4) is 0 Å². The summed E-state index contributed by atoms with van der Waals surface area (Å²) in [6.07, 6.45) is 3.34. The maximum Gasteiger partial charge on any atom is 0.242 e. The fourth-order valence-electron chi connectivity index (χ4n) is 2.72. The van der Waals surface area contributed by atoms with Crippen LogP contribution in [-0.4, -0.2) is 47.5 Å². The lowest BCUT2D eigenvalue weighted by atomic mass is 9.95. The van der Waals surface area contributed by atoms with Gasteiger partial charge >= 0.3 is 0 Å². The van der Waals surface area contributed by atoms with Crippen LogP contribution in [-0.2, 0) is 4.79 Å². The summed E-state index contributed by atoms with van der Waals surface area (Å²) in [6.45, 7) is 6.63. The summed E-state index contributed by atoms with van der Waals surface area (Å²) in [7, 11) is 0. The fourth-order valence-corrected chi connectivity index (χ4v) is 2.96. The minimum atomic E-state index is -0.764. The molecule has 0 bridgehead atoms. The maximum absolute atomic E-state index is 12.5. The summed E-state index contributed by atoms with van der Waals surface area (Å²) in [5, 5.41) is 0.645. The molecule has 21 heavy (non-hydrogen) atoms. The van der Waals surface area contributed by atoms with Gasteiger partial charge in [-0.3, -0.25) is 4.79 Å². The van der Waals surface area contributed by atoms with Crippen molar-refractivity contribution in [3.05, 3.63) is 23.4 Å². The van der Waals surface area contributed by atoms with Gasteiger partial charge in [0, 0.05) is 32.4 Å². The molecule has 1 aliphatic heterocycles. The first-order valence-electron chi connectivity index (χ1n) is 7.39. The van der Waals surface area contributed by atoms with Crippen LogP contribution in [0.4, 0.5) is 5.82 Å². The molecule has 1 fully saturated rings. The van der Waals surface area contributed by atoms with E-state index < -0.39 is 5.54 Å². The molecule has 0 aliphatic carbocycles. The number of nitrogens with zero attached hydrogens (tertiary/aromatic N) is 3. The first kappa shape index (κ1) is 16.0. The van der Waals surface area contributed by atoms with Crippen LogP contribution in [0.25, 0.3) is 0 Å². The number of carbonyl (C=O) groups excluding carboxylic acids is 1. The highest BCUT2D eigenvalue weighted by atomic mass is 35.5. The summed E-state index contributed by atoms with van der Waals surface area (Å²) in [5.74, 6) is 0.825. The zero-order valence-corrected chi connectivity index (χ0v) is 13.4. The van der Waals surface area contributed by atoms with Gasteiger partial charge in [-0.1, -0.05) is 24.9 Å². The van der Waals surface area contributed by atoms with Gasteiger partial charge in [0.05, 0.1) is 10.6 Å². The highest BCUT2D eigenvalue weighted by molar-refractivity contribution is 6.32. The molecule has 116 valence electrons. The van der Waals surface area contributed by atoms with Crippen LogP contribution >= 0.6 is 11.6 Å². The molecule has 0 radical (unpaired) electrons. The molecule has 1 amide bonds. The minimum absolute atomic E-state index is 0.0381. The van der Waals surface area contributed by atoms with Gasteiger partial charge in [-0.15, -0.1) is 0 Å². The lowest BCUT2D eigenvalue weighted by Crippen LogP contribution is -2.58. The van der Waals surface area contributed by atoms with Gasteiger partial charge < -0.3 is 15.5 Å². The predicted octanol–water partition coefficient (Wildman–Crippen LogP) is 1.90. The molecule has 0 saturated carbocycles. The molecule has 2 N–H and O–H groups in total. The molecule has 1 atom stereocenters. The van der Waals surface area contributed by atoms with Crippen molar-refractivity contribution in [3.63, 3.8) is 0 Å². The van der Waals surface area contributed by atoms with Crippen LogP contribution in [0.1, 0.15) is 26.7 Å². The molecular weight excluding hydrogens is 288 g/mol. The van der Waals surface area contributed by atoms with Crippen molar-refractivity contribution in [2.75, 3.05) is 31.1 Å². The van der Waals surface area contributed by atoms with Crippen molar-refractivity contribution in [1.29, 1.82) is 0 Å². The first-order valence-corrected chi connectivity index (χ1v) is 7.77. The van der Waals surface area contributed by atoms with Crippen molar-refractivity contribution >= 4 is 23.3 Å². The third-order valence-electron chi connectivity index (χ3n) is 3.86. The SMILES string of the molecule is CCCC(C)(N)C(=O)N1CCN(c2ncccc2Cl)CC1. The number of pyridine rings is 1. The van der Waals surface area contributed by atoms with E-state index in [2.05, 4.69) is 9.88 Å². The van der Waals surface area contributed by atoms with Gasteiger partial charge in [0.1, 0.15) is 5.82 Å². The van der Waals surface area contributed by atoms with Crippen molar-refractivity contribution in [3.8, 4) is 0 Å². The monoisotopic (exact) mass is 310 g/mol. The predicted molar refractivity (Wildman–Crippen MR) is 85.5 cm³/mol. The van der Waals surface area contributed by atoms with Crippen LogP contribution in [0, 0.1) is 0 Å². The molecule has 6 heteroatoms. The summed E-state index contributed by atoms with van der Waals surface area (Å²) in [6, 6.07) is 3.65. The Labute approximate surface area is 131 Å². The van der Waals surface area contributed by atoms with Gasteiger partial charge in [-0.2, -0.15) is 0 Å². The summed E-state index contributed by atoms with van der Waals surface area (Å²) < 4.78 is 0. The molecule has 5 nitrogen and oxygen atoms in total. The first-order chi connectivity index (χ1) is 9.95. The normalized spacial score (nSPS) is 18.5. The Hall–Kier alpha value is -1.33. The van der Waals surface area contributed by atoms with E-state index in [-0.39, 0.29) is 5.91 Å². The van der Waals surface area contributed by atoms with Crippen LogP contribution in [0.15, 0.2) is 18.3 Å². The summed E-state index contributed by atoms with van der Waals surface area (Å²) in [4.78, 5) is 20.7. The Bertz CT molecular complexity index is 498. The number of rotatable bonds is 4. The summed E-state index contributed by atoms with van der Waals surface area (Å²) >= 11 is 6.17. The van der Waals surface area contributed by atoms with Crippen molar-refractivity contribution in [1.82, 2.24) is 9.88 Å². The van der Waals surface area contributed by atoms with Gasteiger partial charge in [0.2, 0.25) is 5.91 Å². The highest BCUT2D eigenvalue weighted by Gasteiger charge is 2.33. The van der Waals surface area contributed by atoms with E-state index in [1.807, 2.05) is 30.9 Å². The average molecular weight is 311 g/mol. The second-order valence-electron chi connectivity index (χ2n) is 5.76. The lowest BCUT2D eigenvalue weighted by Gasteiger charge is -2.39. The van der Waals surface area contributed by atoms with E-state index in [9.17, 15) is 4.79 Å². The van der Waals surface area contributed by atoms with Crippen LogP contribution in [0.2, 0.25) is 5.02 Å². The third kappa shape index (κ3) is 3.66. The molecule has 2 heterocycles. The average Bonchev–Trinajstić information content (AvgIpc) is 2.47. The quantitative estimate of drug-likeness (QED) is 0.922. The zero-order chi connectivity index (χ0) is 15.5. The number of hydrogen-bond acceptors (Lipinski definition) is 4. The molecule has 1 aromatic heterocycles. The number of piperazine rings is 1. The van der Waals surface area contributed by atoms with Crippen molar-refractivity contribution < 1.29 is 4.79 Å². The van der Waals surface area contributed by atoms with E-state index in [0.717, 1.165) is 25.3 Å². The number of amides is 1. The Morgan fingerprint density at radius 3 is 2.67 bits per heavy atom. The molecule has 1 saturated heterocycles. The number of aromatic nitrogens is 1. The van der Waals surface area contributed by atoms with Crippen molar-refractivity contribution in [2.24, 2.45) is 5.73 Å². The smallest absolute Gasteiger partial charge is 0.242 e. The Balaban J connectivity index is 1.98. The standard InChI is InChI=1S/C15H23ClN4O/c1-3-6-15(2,17)14(21)20-10-8-19(9-11-20)13-12(16)5-4-7-18-13/h4-5,7H,3,6,8-11,17H2,1-2H3. The van der Waals surface area contributed by atoms with E-state index in [4.69, 9.17) is 17.3 Å². The van der Waals surface area contributed by atoms with Gasteiger partial charge in [0.25, 0.3) is 0 Å². The van der Waals surface area contributed by atoms with E-state index >= 15 is 0 Å². The highest BCUT2D eigenvalue weighted by Crippen LogP contribution is 2.24. The molecule has 0 spiro atoms. The Morgan fingerprint density at radius 1 is 1.43 bits per heavy atom. The zero-order valence-electron chi connectivity index (χ0n) is 12.7. The Kier molecular flexibility index (Phi) is 5.06. The summed E-state index contributed by atoms with van der Waals surface area (Å²) in [5.41, 5.74) is 5.37. The molecule has 1 aliphatic rings. The number of nitrogens with two attached hydrogens (primary N) is 1. The molecule has 1 unspecified atom stereocenters. The number of hydrogen-bond donors (Lipinski definition) is 1. The fraction of sp³-hybridized carbons (Fsp3) is 0.600. The number of halogens is 1. The van der Waals surface area contributed by atoms with Crippen LogP contribution < -0.4 is 10.6 Å². The van der Waals surface area contributed by atoms with Crippen molar-refractivity contribution in [2.45, 2.75) is 32.2 Å². The second kappa shape index (κ2) is 6.62. The molecule has 1 aromatic rings. The number of anilines is 1. The second-order valence-corrected chi connectivity index (χ2v) is 6.16. The minimum Gasteiger partial charge on any atom is -0.352 e. The van der Waals surface area contributed by atoms with Gasteiger partial charge in [-0.25, -0.2) is 4.98 Å². The topological polar surface area (TPSA) is 62.5 Å². The molecule has 0 aromatic carbocycles. The van der Waals surface area contributed by atoms with Gasteiger partial charge in [0.15, 0.2) is 0 Å². The van der Waals surface area contributed by atoms with Gasteiger partial charge in [-0.05, 0) is 25.5 Å². The largest absolute Gasteiger partial charge is 0.352 e. The Morgan fingerprint density at radius 2 is 2.10 bits per heavy atom. The maximum atomic E-state index is 12.5. The van der Waals surface area contributed by atoms with Crippen LogP contribution in [0.5, 0.6) is 0 Å².